The van der Waals surface area contributed by atoms with E-state index in [-0.39, 0.29) is 36.7 Å². The van der Waals surface area contributed by atoms with E-state index in [1.165, 1.54) is 12.1 Å². The van der Waals surface area contributed by atoms with E-state index in [0.29, 0.717) is 0 Å². The van der Waals surface area contributed by atoms with Gasteiger partial charge in [-0.3, -0.25) is 9.00 Å². The molecule has 1 aliphatic rings. The molecule has 0 saturated heterocycles. The van der Waals surface area contributed by atoms with Crippen molar-refractivity contribution in [1.82, 2.24) is 5.32 Å². The van der Waals surface area contributed by atoms with Gasteiger partial charge >= 0.3 is 0 Å². The molecule has 0 bridgehead atoms. The van der Waals surface area contributed by atoms with Crippen LogP contribution in [-0.2, 0) is 15.6 Å². The number of rotatable bonds is 7. The maximum absolute atomic E-state index is 14.0. The van der Waals surface area contributed by atoms with E-state index in [4.69, 9.17) is 0 Å². The van der Waals surface area contributed by atoms with Crippen LogP contribution in [0.2, 0.25) is 0 Å². The van der Waals surface area contributed by atoms with Gasteiger partial charge in [0.1, 0.15) is 5.82 Å². The molecular weight excluding hydrogens is 413 g/mol. The van der Waals surface area contributed by atoms with Crippen LogP contribution in [0.3, 0.4) is 0 Å². The molecule has 31 heavy (non-hydrogen) atoms. The minimum absolute atomic E-state index is 0.105. The molecule has 6 heteroatoms. The van der Waals surface area contributed by atoms with Crippen molar-refractivity contribution < 1.29 is 18.5 Å². The minimum Gasteiger partial charge on any atom is -0.394 e. The second-order valence-electron chi connectivity index (χ2n) is 8.15. The van der Waals surface area contributed by atoms with E-state index in [1.807, 2.05) is 51.1 Å². The highest BCUT2D eigenvalue weighted by Gasteiger charge is 2.26. The Labute approximate surface area is 185 Å². The molecule has 0 aliphatic heterocycles. The lowest BCUT2D eigenvalue weighted by molar-refractivity contribution is -0.121. The summed E-state index contributed by atoms with van der Waals surface area (Å²) in [6.45, 7) is 5.68. The van der Waals surface area contributed by atoms with Crippen LogP contribution in [0.1, 0.15) is 43.9 Å². The summed E-state index contributed by atoms with van der Waals surface area (Å²) in [5.41, 5.74) is 5.17. The zero-order valence-electron chi connectivity index (χ0n) is 18.2. The Kier molecular flexibility index (Phi) is 7.23. The number of carbonyl (C=O) groups excluding carboxylic acids is 1. The topological polar surface area (TPSA) is 66.4 Å². The minimum atomic E-state index is -1.04. The summed E-state index contributed by atoms with van der Waals surface area (Å²) in [6, 6.07) is 11.8. The third-order valence-electron chi connectivity index (χ3n) is 5.66. The summed E-state index contributed by atoms with van der Waals surface area (Å²) >= 11 is 0. The first kappa shape index (κ1) is 23.1. The lowest BCUT2D eigenvalue weighted by atomic mass is 10.0. The van der Waals surface area contributed by atoms with Crippen LogP contribution < -0.4 is 5.32 Å². The highest BCUT2D eigenvalue weighted by Crippen LogP contribution is 2.43. The number of carbonyl (C=O) groups is 1. The Bertz CT molecular complexity index is 1070. The molecule has 2 N–H and O–H groups in total. The van der Waals surface area contributed by atoms with Gasteiger partial charge in [0.25, 0.3) is 0 Å². The van der Waals surface area contributed by atoms with Crippen molar-refractivity contribution in [3.8, 4) is 0 Å². The van der Waals surface area contributed by atoms with Crippen LogP contribution in [0.5, 0.6) is 0 Å². The van der Waals surface area contributed by atoms with Gasteiger partial charge in [-0.1, -0.05) is 32.0 Å². The number of halogens is 1. The third kappa shape index (κ3) is 5.20. The zero-order valence-corrected chi connectivity index (χ0v) is 19.1. The molecular formula is C25H28FNO3S. The standard InChI is InChI=1S/C25H28FNO3S/c1-15(2)24(14-28)27-25(29)13-22-16(3)21(20-10-7-18(26)12-23(20)22)11-17-5-8-19(9-6-17)31(4)30/h5-12,15,24,28H,13-14H2,1-4H3,(H,27,29)/b21-11+/t24-,31?/m0/s1. The average Bonchev–Trinajstić information content (AvgIpc) is 2.97. The summed E-state index contributed by atoms with van der Waals surface area (Å²) in [5.74, 6) is -0.447. The van der Waals surface area contributed by atoms with Crippen molar-refractivity contribution in [2.24, 2.45) is 5.92 Å². The summed E-state index contributed by atoms with van der Waals surface area (Å²) < 4.78 is 25.7. The molecule has 1 aliphatic carbocycles. The van der Waals surface area contributed by atoms with Crippen molar-refractivity contribution in [1.29, 1.82) is 0 Å². The number of fused-ring (bicyclic) bond motifs is 1. The van der Waals surface area contributed by atoms with Crippen LogP contribution in [-0.4, -0.2) is 34.1 Å². The number of aliphatic hydroxyl groups excluding tert-OH is 1. The van der Waals surface area contributed by atoms with E-state index in [2.05, 4.69) is 5.32 Å². The van der Waals surface area contributed by atoms with Crippen molar-refractivity contribution in [2.45, 2.75) is 38.1 Å². The SMILES string of the molecule is CC1=C(CC(=O)N[C@@H](CO)C(C)C)c2cc(F)ccc2/C1=C/c1ccc(S(C)=O)cc1. The second kappa shape index (κ2) is 9.71. The molecule has 0 saturated carbocycles. The van der Waals surface area contributed by atoms with Gasteiger partial charge in [0.2, 0.25) is 5.91 Å². The smallest absolute Gasteiger partial charge is 0.224 e. The first-order chi connectivity index (χ1) is 14.7. The van der Waals surface area contributed by atoms with Gasteiger partial charge in [-0.2, -0.15) is 0 Å². The molecule has 0 fully saturated rings. The number of nitrogens with one attached hydrogen (secondary N) is 1. The van der Waals surface area contributed by atoms with Gasteiger partial charge in [-0.05, 0) is 76.6 Å². The molecule has 4 nitrogen and oxygen atoms in total. The van der Waals surface area contributed by atoms with Crippen LogP contribution in [0, 0.1) is 11.7 Å². The predicted molar refractivity (Wildman–Crippen MR) is 124 cm³/mol. The summed E-state index contributed by atoms with van der Waals surface area (Å²) in [4.78, 5) is 13.4. The van der Waals surface area contributed by atoms with Crippen molar-refractivity contribution in [2.75, 3.05) is 12.9 Å². The first-order valence-corrected chi connectivity index (χ1v) is 11.8. The number of hydrogen-bond acceptors (Lipinski definition) is 3. The summed E-state index contributed by atoms with van der Waals surface area (Å²) in [7, 11) is -1.04. The molecule has 1 amide bonds. The monoisotopic (exact) mass is 441 g/mol. The Hall–Kier alpha value is -2.57. The molecule has 0 spiro atoms. The number of allylic oxidation sites excluding steroid dienone is 2. The fraction of sp³-hybridized carbons (Fsp3) is 0.320. The molecule has 0 heterocycles. The lowest BCUT2D eigenvalue weighted by Gasteiger charge is -2.20. The number of benzene rings is 2. The molecule has 3 rings (SSSR count). The van der Waals surface area contributed by atoms with Crippen molar-refractivity contribution in [3.63, 3.8) is 0 Å². The maximum Gasteiger partial charge on any atom is 0.224 e. The maximum atomic E-state index is 14.0. The van der Waals surface area contributed by atoms with Gasteiger partial charge in [0.05, 0.1) is 19.1 Å². The van der Waals surface area contributed by atoms with E-state index < -0.39 is 10.8 Å². The molecule has 2 aromatic carbocycles. The van der Waals surface area contributed by atoms with Crippen LogP contribution in [0.25, 0.3) is 17.2 Å². The Balaban J connectivity index is 1.97. The average molecular weight is 442 g/mol. The van der Waals surface area contributed by atoms with E-state index in [9.17, 15) is 18.5 Å². The summed E-state index contributed by atoms with van der Waals surface area (Å²) in [6.07, 6.45) is 3.75. The largest absolute Gasteiger partial charge is 0.394 e. The molecule has 164 valence electrons. The fourth-order valence-corrected chi connectivity index (χ4v) is 4.26. The second-order valence-corrected chi connectivity index (χ2v) is 9.53. The Morgan fingerprint density at radius 1 is 1.16 bits per heavy atom. The normalized spacial score (nSPS) is 16.5. The fourth-order valence-electron chi connectivity index (χ4n) is 3.75. The van der Waals surface area contributed by atoms with Crippen LogP contribution >= 0.6 is 0 Å². The van der Waals surface area contributed by atoms with E-state index >= 15 is 0 Å². The number of aliphatic hydroxyl groups is 1. The lowest BCUT2D eigenvalue weighted by Crippen LogP contribution is -2.41. The van der Waals surface area contributed by atoms with Gasteiger partial charge in [-0.25, -0.2) is 4.39 Å². The number of amides is 1. The highest BCUT2D eigenvalue weighted by atomic mass is 32.2. The molecule has 0 radical (unpaired) electrons. The summed E-state index contributed by atoms with van der Waals surface area (Å²) in [5, 5.41) is 12.4. The van der Waals surface area contributed by atoms with Crippen molar-refractivity contribution in [3.05, 3.63) is 70.5 Å². The van der Waals surface area contributed by atoms with Crippen LogP contribution in [0.15, 0.2) is 52.9 Å². The zero-order chi connectivity index (χ0) is 22.7. The Morgan fingerprint density at radius 3 is 2.42 bits per heavy atom. The van der Waals surface area contributed by atoms with Gasteiger partial charge < -0.3 is 10.4 Å². The van der Waals surface area contributed by atoms with E-state index in [0.717, 1.165) is 38.3 Å². The molecule has 0 aromatic heterocycles. The first-order valence-electron chi connectivity index (χ1n) is 10.3. The predicted octanol–water partition coefficient (Wildman–Crippen LogP) is 4.41. The highest BCUT2D eigenvalue weighted by molar-refractivity contribution is 7.84. The molecule has 2 atom stereocenters. The van der Waals surface area contributed by atoms with Gasteiger partial charge in [0, 0.05) is 22.0 Å². The third-order valence-corrected chi connectivity index (χ3v) is 6.60. The van der Waals surface area contributed by atoms with Crippen LogP contribution in [0.4, 0.5) is 4.39 Å². The van der Waals surface area contributed by atoms with Gasteiger partial charge in [-0.15, -0.1) is 0 Å². The number of hydrogen-bond donors (Lipinski definition) is 2. The van der Waals surface area contributed by atoms with Gasteiger partial charge in [0.15, 0.2) is 0 Å². The van der Waals surface area contributed by atoms with Crippen molar-refractivity contribution >= 4 is 33.9 Å². The molecule has 1 unspecified atom stereocenters. The molecule has 2 aromatic rings. The Morgan fingerprint density at radius 2 is 1.84 bits per heavy atom. The quantitative estimate of drug-likeness (QED) is 0.669. The van der Waals surface area contributed by atoms with E-state index in [1.54, 1.807) is 12.3 Å².